The average molecular weight is 333 g/mol. The third-order valence-corrected chi connectivity index (χ3v) is 4.38. The molecule has 2 aromatic rings. The van der Waals surface area contributed by atoms with Gasteiger partial charge in [0.1, 0.15) is 5.51 Å². The lowest BCUT2D eigenvalue weighted by atomic mass is 10.2. The summed E-state index contributed by atoms with van der Waals surface area (Å²) >= 11 is 2.55. The van der Waals surface area contributed by atoms with Gasteiger partial charge in [-0.3, -0.25) is 4.79 Å². The summed E-state index contributed by atoms with van der Waals surface area (Å²) in [6.45, 7) is 1.69. The van der Waals surface area contributed by atoms with Crippen molar-refractivity contribution >= 4 is 34.7 Å². The first-order chi connectivity index (χ1) is 9.86. The molecular weight excluding hydrogens is 323 g/mol. The second-order valence-corrected chi connectivity index (χ2v) is 6.45. The molecule has 9 heteroatoms. The first kappa shape index (κ1) is 15.8. The van der Waals surface area contributed by atoms with Crippen molar-refractivity contribution in [2.45, 2.75) is 22.7 Å². The lowest BCUT2D eigenvalue weighted by molar-refractivity contribution is -0.137. The highest BCUT2D eigenvalue weighted by atomic mass is 32.2. The summed E-state index contributed by atoms with van der Waals surface area (Å²) in [6, 6.07) is 4.31. The minimum atomic E-state index is -4.39. The molecule has 4 nitrogen and oxygen atoms in total. The number of rotatable bonds is 4. The van der Waals surface area contributed by atoms with Crippen LogP contribution in [0.3, 0.4) is 0 Å². The van der Waals surface area contributed by atoms with Crippen LogP contribution in [0, 0.1) is 0 Å². The molecule has 1 amide bonds. The molecule has 1 heterocycles. The Morgan fingerprint density at radius 3 is 2.52 bits per heavy atom. The third-order valence-electron chi connectivity index (χ3n) is 2.47. The van der Waals surface area contributed by atoms with E-state index in [9.17, 15) is 18.0 Å². The molecule has 0 bridgehead atoms. The summed E-state index contributed by atoms with van der Waals surface area (Å²) < 4.78 is 37.9. The highest BCUT2D eigenvalue weighted by Gasteiger charge is 2.30. The molecule has 0 aliphatic carbocycles. The van der Waals surface area contributed by atoms with Gasteiger partial charge in [0.15, 0.2) is 4.34 Å². The molecule has 0 spiro atoms. The largest absolute Gasteiger partial charge is 0.416 e. The van der Waals surface area contributed by atoms with Crippen LogP contribution >= 0.6 is 23.1 Å². The van der Waals surface area contributed by atoms with E-state index in [0.717, 1.165) is 12.1 Å². The molecule has 1 aromatic heterocycles. The van der Waals surface area contributed by atoms with Crippen molar-refractivity contribution in [2.75, 3.05) is 5.32 Å². The number of anilines is 1. The van der Waals surface area contributed by atoms with Crippen LogP contribution in [-0.4, -0.2) is 21.4 Å². The summed E-state index contributed by atoms with van der Waals surface area (Å²) in [5.74, 6) is -0.310. The van der Waals surface area contributed by atoms with Gasteiger partial charge in [-0.1, -0.05) is 23.1 Å². The van der Waals surface area contributed by atoms with Crippen molar-refractivity contribution < 1.29 is 18.0 Å². The molecule has 112 valence electrons. The molecule has 0 aliphatic rings. The van der Waals surface area contributed by atoms with E-state index in [-0.39, 0.29) is 5.91 Å². The Kier molecular flexibility index (Phi) is 4.84. The van der Waals surface area contributed by atoms with E-state index in [1.54, 1.807) is 12.4 Å². The summed E-state index contributed by atoms with van der Waals surface area (Å²) in [4.78, 5) is 11.9. The lowest BCUT2D eigenvalue weighted by Crippen LogP contribution is -2.22. The molecule has 0 saturated heterocycles. The number of hydrogen-bond acceptors (Lipinski definition) is 5. The number of nitrogens with one attached hydrogen (secondary N) is 1. The van der Waals surface area contributed by atoms with E-state index < -0.39 is 17.0 Å². The van der Waals surface area contributed by atoms with E-state index in [2.05, 4.69) is 15.5 Å². The van der Waals surface area contributed by atoms with E-state index in [1.807, 2.05) is 0 Å². The Morgan fingerprint density at radius 2 is 2.00 bits per heavy atom. The smallest absolute Gasteiger partial charge is 0.325 e. The SMILES string of the molecule is C[C@H](Sc1nncs1)C(=O)Nc1ccc(C(F)(F)F)cc1. The van der Waals surface area contributed by atoms with Crippen LogP contribution in [0.15, 0.2) is 34.1 Å². The number of thioether (sulfide) groups is 1. The Labute approximate surface area is 126 Å². The zero-order valence-electron chi connectivity index (χ0n) is 10.7. The predicted molar refractivity (Wildman–Crippen MR) is 75.3 cm³/mol. The fourth-order valence-electron chi connectivity index (χ4n) is 1.41. The maximum absolute atomic E-state index is 12.4. The number of nitrogens with zero attached hydrogens (tertiary/aromatic N) is 2. The van der Waals surface area contributed by atoms with E-state index in [0.29, 0.717) is 10.0 Å². The van der Waals surface area contributed by atoms with E-state index in [1.165, 1.54) is 35.2 Å². The highest BCUT2D eigenvalue weighted by Crippen LogP contribution is 2.30. The van der Waals surface area contributed by atoms with Gasteiger partial charge >= 0.3 is 6.18 Å². The number of aromatic nitrogens is 2. The van der Waals surface area contributed by atoms with Crippen molar-refractivity contribution in [1.82, 2.24) is 10.2 Å². The van der Waals surface area contributed by atoms with Crippen LogP contribution in [0.4, 0.5) is 18.9 Å². The van der Waals surface area contributed by atoms with Gasteiger partial charge in [-0.2, -0.15) is 13.2 Å². The van der Waals surface area contributed by atoms with Gasteiger partial charge in [0.2, 0.25) is 5.91 Å². The van der Waals surface area contributed by atoms with Crippen molar-refractivity contribution in [3.63, 3.8) is 0 Å². The van der Waals surface area contributed by atoms with Crippen LogP contribution < -0.4 is 5.32 Å². The van der Waals surface area contributed by atoms with Gasteiger partial charge in [-0.05, 0) is 31.2 Å². The summed E-state index contributed by atoms with van der Waals surface area (Å²) in [5.41, 5.74) is 1.12. The summed E-state index contributed by atoms with van der Waals surface area (Å²) in [6.07, 6.45) is -4.39. The molecule has 1 N–H and O–H groups in total. The topological polar surface area (TPSA) is 54.9 Å². The molecule has 1 aromatic carbocycles. The van der Waals surface area contributed by atoms with Crippen LogP contribution in [0.5, 0.6) is 0 Å². The van der Waals surface area contributed by atoms with Crippen LogP contribution in [0.2, 0.25) is 0 Å². The van der Waals surface area contributed by atoms with Gasteiger partial charge < -0.3 is 5.32 Å². The third kappa shape index (κ3) is 4.43. The van der Waals surface area contributed by atoms with Gasteiger partial charge in [0.05, 0.1) is 10.8 Å². The van der Waals surface area contributed by atoms with Gasteiger partial charge in [0, 0.05) is 5.69 Å². The fraction of sp³-hybridized carbons (Fsp3) is 0.250. The first-order valence-electron chi connectivity index (χ1n) is 5.77. The summed E-state index contributed by atoms with van der Waals surface area (Å²) in [5, 5.41) is 9.60. The van der Waals surface area contributed by atoms with Crippen molar-refractivity contribution in [1.29, 1.82) is 0 Å². The van der Waals surface area contributed by atoms with Gasteiger partial charge in [-0.25, -0.2) is 0 Å². The number of amides is 1. The van der Waals surface area contributed by atoms with Gasteiger partial charge in [-0.15, -0.1) is 10.2 Å². The lowest BCUT2D eigenvalue weighted by Gasteiger charge is -2.11. The van der Waals surface area contributed by atoms with Crippen molar-refractivity contribution in [2.24, 2.45) is 0 Å². The number of carbonyl (C=O) groups is 1. The monoisotopic (exact) mass is 333 g/mol. The quantitative estimate of drug-likeness (QED) is 0.867. The first-order valence-corrected chi connectivity index (χ1v) is 7.53. The van der Waals surface area contributed by atoms with Crippen LogP contribution in [0.25, 0.3) is 0 Å². The van der Waals surface area contributed by atoms with Crippen molar-refractivity contribution in [3.05, 3.63) is 35.3 Å². The number of halogens is 3. The number of hydrogen-bond donors (Lipinski definition) is 1. The minimum absolute atomic E-state index is 0.310. The van der Waals surface area contributed by atoms with Crippen LogP contribution in [-0.2, 0) is 11.0 Å². The number of carbonyl (C=O) groups excluding carboxylic acids is 1. The zero-order chi connectivity index (χ0) is 15.5. The molecule has 0 fully saturated rings. The number of benzene rings is 1. The molecule has 2 rings (SSSR count). The Balaban J connectivity index is 1.96. The van der Waals surface area contributed by atoms with Gasteiger partial charge in [0.25, 0.3) is 0 Å². The normalized spacial score (nSPS) is 13.0. The maximum Gasteiger partial charge on any atom is 0.416 e. The fourth-order valence-corrected chi connectivity index (χ4v) is 3.03. The predicted octanol–water partition coefficient (Wildman–Crippen LogP) is 3.68. The zero-order valence-corrected chi connectivity index (χ0v) is 12.4. The molecule has 0 saturated carbocycles. The molecule has 0 radical (unpaired) electrons. The second kappa shape index (κ2) is 6.44. The Hall–Kier alpha value is -1.61. The second-order valence-electron chi connectivity index (χ2n) is 4.03. The summed E-state index contributed by atoms with van der Waals surface area (Å²) in [7, 11) is 0. The molecule has 1 atom stereocenters. The molecule has 0 unspecified atom stereocenters. The standard InChI is InChI=1S/C12H10F3N3OS2/c1-7(21-11-18-16-6-20-11)10(19)17-9-4-2-8(3-5-9)12(13,14)15/h2-7H,1H3,(H,17,19)/t7-/m0/s1. The molecular formula is C12H10F3N3OS2. The van der Waals surface area contributed by atoms with E-state index in [4.69, 9.17) is 0 Å². The maximum atomic E-state index is 12.4. The van der Waals surface area contributed by atoms with Crippen LogP contribution in [0.1, 0.15) is 12.5 Å². The highest BCUT2D eigenvalue weighted by molar-refractivity contribution is 8.02. The molecule has 21 heavy (non-hydrogen) atoms. The van der Waals surface area contributed by atoms with Crippen molar-refractivity contribution in [3.8, 4) is 0 Å². The number of alkyl halides is 3. The average Bonchev–Trinajstić information content (AvgIpc) is 2.91. The minimum Gasteiger partial charge on any atom is -0.325 e. The molecule has 0 aliphatic heterocycles. The van der Waals surface area contributed by atoms with E-state index >= 15 is 0 Å². The Bertz CT molecular complexity index is 599. The Morgan fingerprint density at radius 1 is 1.33 bits per heavy atom.